The van der Waals surface area contributed by atoms with Crippen LogP contribution in [-0.4, -0.2) is 41.5 Å². The molecule has 0 aliphatic rings. The number of nitrogens with zero attached hydrogens (tertiary/aromatic N) is 3. The largest absolute Gasteiger partial charge is 0.497 e. The molecule has 9 heteroatoms. The van der Waals surface area contributed by atoms with Crippen LogP contribution in [0.15, 0.2) is 71.9 Å². The summed E-state index contributed by atoms with van der Waals surface area (Å²) >= 11 is 1.61. The van der Waals surface area contributed by atoms with Crippen molar-refractivity contribution in [1.29, 1.82) is 0 Å². The molecule has 0 aliphatic carbocycles. The number of halogens is 1. The molecule has 2 heterocycles. The number of nitrogens with one attached hydrogen (secondary N) is 2. The average Bonchev–Trinajstić information content (AvgIpc) is 3.46. The Hall–Kier alpha value is -2.63. The van der Waals surface area contributed by atoms with Crippen molar-refractivity contribution in [2.45, 2.75) is 12.6 Å². The first-order valence-corrected chi connectivity index (χ1v) is 10.8. The van der Waals surface area contributed by atoms with E-state index in [9.17, 15) is 5.11 Å². The molecular formula is C23H26IN5O2S. The first-order chi connectivity index (χ1) is 15.2. The molecule has 0 saturated carbocycles. The molecule has 3 N–H and O–H groups in total. The molecule has 0 bridgehead atoms. The highest BCUT2D eigenvalue weighted by atomic mass is 127. The molecule has 1 atom stereocenters. The SMILES string of the molecule is CN=C(NCc1ccn(-c2ccc(OC)cc2)n1)NCC(O)c1cc2ccccc2s1.I. The lowest BCUT2D eigenvalue weighted by molar-refractivity contribution is 0.184. The van der Waals surface area contributed by atoms with Crippen LogP contribution >= 0.6 is 35.3 Å². The van der Waals surface area contributed by atoms with E-state index in [-0.39, 0.29) is 24.0 Å². The summed E-state index contributed by atoms with van der Waals surface area (Å²) in [5, 5.41) is 22.7. The second-order valence-electron chi connectivity index (χ2n) is 6.96. The molecule has 1 unspecified atom stereocenters. The summed E-state index contributed by atoms with van der Waals surface area (Å²) in [6.45, 7) is 0.884. The summed E-state index contributed by atoms with van der Waals surface area (Å²) in [4.78, 5) is 5.17. The van der Waals surface area contributed by atoms with Crippen LogP contribution in [0.5, 0.6) is 5.75 Å². The second-order valence-corrected chi connectivity index (χ2v) is 8.07. The number of aromatic nitrogens is 2. The van der Waals surface area contributed by atoms with Crippen LogP contribution in [-0.2, 0) is 6.54 Å². The predicted molar refractivity (Wildman–Crippen MR) is 141 cm³/mol. The minimum atomic E-state index is -0.606. The maximum Gasteiger partial charge on any atom is 0.191 e. The predicted octanol–water partition coefficient (Wildman–Crippen LogP) is 4.11. The monoisotopic (exact) mass is 563 g/mol. The van der Waals surface area contributed by atoms with Crippen molar-refractivity contribution in [3.63, 3.8) is 0 Å². The molecule has 0 radical (unpaired) electrons. The fourth-order valence-corrected chi connectivity index (χ4v) is 4.24. The Balaban J connectivity index is 0.00000289. The van der Waals surface area contributed by atoms with Gasteiger partial charge in [0, 0.05) is 29.4 Å². The van der Waals surface area contributed by atoms with E-state index < -0.39 is 6.10 Å². The average molecular weight is 563 g/mol. The molecule has 0 amide bonds. The van der Waals surface area contributed by atoms with E-state index in [0.29, 0.717) is 19.0 Å². The molecule has 0 fully saturated rings. The van der Waals surface area contributed by atoms with Gasteiger partial charge in [-0.05, 0) is 47.9 Å². The molecule has 168 valence electrons. The Kier molecular flexibility index (Phi) is 8.48. The van der Waals surface area contributed by atoms with Crippen molar-refractivity contribution in [1.82, 2.24) is 20.4 Å². The molecule has 2 aromatic heterocycles. The molecule has 0 aliphatic heterocycles. The van der Waals surface area contributed by atoms with Gasteiger partial charge in [-0.3, -0.25) is 4.99 Å². The normalized spacial score (nSPS) is 12.3. The van der Waals surface area contributed by atoms with E-state index in [1.165, 1.54) is 4.70 Å². The zero-order valence-electron chi connectivity index (χ0n) is 17.9. The lowest BCUT2D eigenvalue weighted by atomic mass is 10.2. The lowest BCUT2D eigenvalue weighted by Crippen LogP contribution is -2.39. The van der Waals surface area contributed by atoms with Crippen LogP contribution in [0.3, 0.4) is 0 Å². The highest BCUT2D eigenvalue weighted by Gasteiger charge is 2.12. The van der Waals surface area contributed by atoms with Crippen molar-refractivity contribution in [3.05, 3.63) is 77.4 Å². The van der Waals surface area contributed by atoms with Gasteiger partial charge in [0.2, 0.25) is 0 Å². The van der Waals surface area contributed by atoms with Gasteiger partial charge in [-0.25, -0.2) is 4.68 Å². The Bertz CT molecular complexity index is 1140. The molecule has 0 saturated heterocycles. The Labute approximate surface area is 208 Å². The van der Waals surface area contributed by atoms with E-state index >= 15 is 0 Å². The minimum Gasteiger partial charge on any atom is -0.497 e. The summed E-state index contributed by atoms with van der Waals surface area (Å²) in [6, 6.07) is 19.9. The summed E-state index contributed by atoms with van der Waals surface area (Å²) in [6.07, 6.45) is 1.31. The van der Waals surface area contributed by atoms with Crippen molar-refractivity contribution >= 4 is 51.4 Å². The molecular weight excluding hydrogens is 537 g/mol. The number of fused-ring (bicyclic) bond motifs is 1. The van der Waals surface area contributed by atoms with Crippen LogP contribution < -0.4 is 15.4 Å². The number of guanidine groups is 1. The van der Waals surface area contributed by atoms with E-state index in [1.54, 1.807) is 25.5 Å². The fraction of sp³-hybridized carbons (Fsp3) is 0.217. The third-order valence-corrected chi connectivity index (χ3v) is 6.10. The molecule has 2 aromatic carbocycles. The summed E-state index contributed by atoms with van der Waals surface area (Å²) < 4.78 is 8.18. The number of benzene rings is 2. The van der Waals surface area contributed by atoms with Gasteiger partial charge in [-0.15, -0.1) is 35.3 Å². The van der Waals surface area contributed by atoms with E-state index in [4.69, 9.17) is 4.74 Å². The lowest BCUT2D eigenvalue weighted by Gasteiger charge is -2.14. The van der Waals surface area contributed by atoms with Crippen LogP contribution in [0, 0.1) is 0 Å². The quantitative estimate of drug-likeness (QED) is 0.179. The fourth-order valence-electron chi connectivity index (χ4n) is 3.19. The van der Waals surface area contributed by atoms with Gasteiger partial charge in [0.25, 0.3) is 0 Å². The van der Waals surface area contributed by atoms with Crippen LogP contribution in [0.1, 0.15) is 16.7 Å². The maximum absolute atomic E-state index is 10.6. The highest BCUT2D eigenvalue weighted by molar-refractivity contribution is 14.0. The number of rotatable bonds is 7. The topological polar surface area (TPSA) is 83.7 Å². The number of hydrogen-bond acceptors (Lipinski definition) is 5. The van der Waals surface area contributed by atoms with Crippen LogP contribution in [0.25, 0.3) is 15.8 Å². The zero-order chi connectivity index (χ0) is 21.6. The third-order valence-electron chi connectivity index (χ3n) is 4.88. The van der Waals surface area contributed by atoms with E-state index in [0.717, 1.165) is 27.4 Å². The molecule has 4 aromatic rings. The van der Waals surface area contributed by atoms with Crippen molar-refractivity contribution in [2.75, 3.05) is 20.7 Å². The Morgan fingerprint density at radius 3 is 2.66 bits per heavy atom. The van der Waals surface area contributed by atoms with Gasteiger partial charge < -0.3 is 20.5 Å². The van der Waals surface area contributed by atoms with Crippen LogP contribution in [0.4, 0.5) is 0 Å². The summed E-state index contributed by atoms with van der Waals surface area (Å²) in [5.41, 5.74) is 1.84. The number of ether oxygens (including phenoxy) is 1. The number of methoxy groups -OCH3 is 1. The number of aliphatic hydroxyl groups excluding tert-OH is 1. The maximum atomic E-state index is 10.6. The molecule has 4 rings (SSSR count). The number of aliphatic hydroxyl groups is 1. The van der Waals surface area contributed by atoms with Gasteiger partial charge in [0.15, 0.2) is 5.96 Å². The smallest absolute Gasteiger partial charge is 0.191 e. The Morgan fingerprint density at radius 2 is 1.94 bits per heavy atom. The number of thiophene rings is 1. The first kappa shape index (κ1) is 24.0. The van der Waals surface area contributed by atoms with Crippen molar-refractivity contribution < 1.29 is 9.84 Å². The second kappa shape index (κ2) is 11.3. The van der Waals surface area contributed by atoms with Gasteiger partial charge in [0.1, 0.15) is 11.9 Å². The number of aliphatic imine (C=N–C) groups is 1. The first-order valence-electron chi connectivity index (χ1n) is 9.96. The Morgan fingerprint density at radius 1 is 1.16 bits per heavy atom. The molecule has 7 nitrogen and oxygen atoms in total. The standard InChI is InChI=1S/C23H25N5O2S.HI/c1-24-23(26-15-20(29)22-13-16-5-3-4-6-21(16)31-22)25-14-17-11-12-28(27-17)18-7-9-19(30-2)10-8-18;/h3-13,20,29H,14-15H2,1-2H3,(H2,24,25,26);1H. The van der Waals surface area contributed by atoms with Gasteiger partial charge in [-0.1, -0.05) is 18.2 Å². The summed E-state index contributed by atoms with van der Waals surface area (Å²) in [7, 11) is 3.35. The van der Waals surface area contributed by atoms with Gasteiger partial charge in [0.05, 0.1) is 25.0 Å². The molecule has 0 spiro atoms. The highest BCUT2D eigenvalue weighted by Crippen LogP contribution is 2.29. The van der Waals surface area contributed by atoms with Crippen molar-refractivity contribution in [2.24, 2.45) is 4.99 Å². The van der Waals surface area contributed by atoms with E-state index in [2.05, 4.69) is 32.9 Å². The van der Waals surface area contributed by atoms with Crippen molar-refractivity contribution in [3.8, 4) is 11.4 Å². The summed E-state index contributed by atoms with van der Waals surface area (Å²) in [5.74, 6) is 1.42. The minimum absolute atomic E-state index is 0. The van der Waals surface area contributed by atoms with Crippen LogP contribution in [0.2, 0.25) is 0 Å². The van der Waals surface area contributed by atoms with Gasteiger partial charge in [-0.2, -0.15) is 5.10 Å². The van der Waals surface area contributed by atoms with E-state index in [1.807, 2.05) is 59.4 Å². The zero-order valence-corrected chi connectivity index (χ0v) is 21.0. The van der Waals surface area contributed by atoms with Gasteiger partial charge >= 0.3 is 0 Å². The molecule has 32 heavy (non-hydrogen) atoms. The number of hydrogen-bond donors (Lipinski definition) is 3. The third kappa shape index (κ3) is 5.78.